The fraction of sp³-hybridized carbons (Fsp3) is 0.421. The highest BCUT2D eigenvalue weighted by molar-refractivity contribution is 7.13. The second kappa shape index (κ2) is 10.5. The fourth-order valence-corrected chi connectivity index (χ4v) is 3.43. The van der Waals surface area contributed by atoms with Crippen molar-refractivity contribution in [1.82, 2.24) is 15.6 Å². The molecule has 0 saturated heterocycles. The molecule has 0 amide bonds. The number of thiazole rings is 1. The van der Waals surface area contributed by atoms with Gasteiger partial charge in [-0.2, -0.15) is 0 Å². The molecule has 156 valence electrons. The van der Waals surface area contributed by atoms with Crippen LogP contribution in [0.15, 0.2) is 29.3 Å². The quantitative estimate of drug-likeness (QED) is 0.221. The third-order valence-corrected chi connectivity index (χ3v) is 5.23. The van der Waals surface area contributed by atoms with Crippen molar-refractivity contribution in [3.8, 4) is 0 Å². The molecule has 1 atom stereocenters. The number of esters is 1. The van der Waals surface area contributed by atoms with Crippen molar-refractivity contribution in [3.05, 3.63) is 55.5 Å². The van der Waals surface area contributed by atoms with Gasteiger partial charge in [-0.3, -0.25) is 10.1 Å². The Balaban J connectivity index is 2.09. The number of guanidine groups is 1. The lowest BCUT2D eigenvalue weighted by atomic mass is 10.2. The van der Waals surface area contributed by atoms with Crippen LogP contribution in [0.1, 0.15) is 52.7 Å². The van der Waals surface area contributed by atoms with Crippen LogP contribution in [0.5, 0.6) is 0 Å². The molecule has 1 aromatic heterocycles. The standard InChI is InChI=1S/C19H25N5O4S/c1-5-20-19(21-11-14-7-9-15(10-8-14)24(26)27)23-13(4)17-22-12(3)16(29-17)18(25)28-6-2/h7-10,13H,5-6,11H2,1-4H3,(H2,20,21,23). The predicted octanol–water partition coefficient (Wildman–Crippen LogP) is 3.35. The Morgan fingerprint density at radius 3 is 2.62 bits per heavy atom. The van der Waals surface area contributed by atoms with Gasteiger partial charge in [0, 0.05) is 18.7 Å². The molecule has 0 aliphatic heterocycles. The first-order valence-corrected chi connectivity index (χ1v) is 10.1. The van der Waals surface area contributed by atoms with Gasteiger partial charge in [0.2, 0.25) is 0 Å². The van der Waals surface area contributed by atoms with Gasteiger partial charge < -0.3 is 15.4 Å². The number of nitrogens with one attached hydrogen (secondary N) is 2. The van der Waals surface area contributed by atoms with E-state index in [2.05, 4.69) is 20.6 Å². The Bertz CT molecular complexity index is 879. The van der Waals surface area contributed by atoms with E-state index in [1.165, 1.54) is 23.5 Å². The highest BCUT2D eigenvalue weighted by Crippen LogP contribution is 2.24. The number of aryl methyl sites for hydroxylation is 1. The highest BCUT2D eigenvalue weighted by atomic mass is 32.1. The number of benzene rings is 1. The number of ether oxygens (including phenoxy) is 1. The molecule has 2 N–H and O–H groups in total. The molecule has 1 aromatic carbocycles. The van der Waals surface area contributed by atoms with E-state index in [1.807, 2.05) is 13.8 Å². The van der Waals surface area contributed by atoms with Crippen LogP contribution in [0.2, 0.25) is 0 Å². The zero-order valence-electron chi connectivity index (χ0n) is 16.9. The summed E-state index contributed by atoms with van der Waals surface area (Å²) in [6.07, 6.45) is 0. The van der Waals surface area contributed by atoms with Gasteiger partial charge in [0.15, 0.2) is 5.96 Å². The molecule has 9 nitrogen and oxygen atoms in total. The van der Waals surface area contributed by atoms with Crippen LogP contribution in [-0.2, 0) is 11.3 Å². The molecular formula is C19H25N5O4S. The van der Waals surface area contributed by atoms with E-state index >= 15 is 0 Å². The van der Waals surface area contributed by atoms with Gasteiger partial charge in [-0.05, 0) is 33.3 Å². The van der Waals surface area contributed by atoms with E-state index in [-0.39, 0.29) is 17.7 Å². The molecular weight excluding hydrogens is 394 g/mol. The third kappa shape index (κ3) is 6.24. The molecule has 10 heteroatoms. The van der Waals surface area contributed by atoms with Crippen LogP contribution < -0.4 is 10.6 Å². The summed E-state index contributed by atoms with van der Waals surface area (Å²) in [7, 11) is 0. The summed E-state index contributed by atoms with van der Waals surface area (Å²) in [4.78, 5) is 31.8. The molecule has 1 heterocycles. The number of carbonyl (C=O) groups is 1. The van der Waals surface area contributed by atoms with Gasteiger partial charge in [0.05, 0.1) is 29.8 Å². The summed E-state index contributed by atoms with van der Waals surface area (Å²) < 4.78 is 5.07. The van der Waals surface area contributed by atoms with E-state index in [9.17, 15) is 14.9 Å². The minimum Gasteiger partial charge on any atom is -0.462 e. The molecule has 2 aromatic rings. The minimum atomic E-state index is -0.430. The summed E-state index contributed by atoms with van der Waals surface area (Å²) in [5.41, 5.74) is 1.55. The van der Waals surface area contributed by atoms with Gasteiger partial charge >= 0.3 is 5.97 Å². The first kappa shape index (κ1) is 22.3. The Kier molecular flexibility index (Phi) is 8.08. The van der Waals surface area contributed by atoms with E-state index < -0.39 is 4.92 Å². The first-order chi connectivity index (χ1) is 13.8. The maximum absolute atomic E-state index is 12.0. The number of hydrogen-bond donors (Lipinski definition) is 2. The number of non-ortho nitro benzene ring substituents is 1. The number of aliphatic imine (C=N–C) groups is 1. The second-order valence-electron chi connectivity index (χ2n) is 6.17. The highest BCUT2D eigenvalue weighted by Gasteiger charge is 2.20. The number of aromatic nitrogens is 1. The van der Waals surface area contributed by atoms with E-state index in [0.717, 1.165) is 10.6 Å². The predicted molar refractivity (Wildman–Crippen MR) is 112 cm³/mol. The number of hydrogen-bond acceptors (Lipinski definition) is 7. The number of nitro groups is 1. The molecule has 0 bridgehead atoms. The lowest BCUT2D eigenvalue weighted by Crippen LogP contribution is -2.38. The summed E-state index contributed by atoms with van der Waals surface area (Å²) in [6.45, 7) is 8.80. The van der Waals surface area contributed by atoms with Gasteiger partial charge in [-0.15, -0.1) is 11.3 Å². The van der Waals surface area contributed by atoms with Gasteiger partial charge in [0.25, 0.3) is 5.69 Å². The lowest BCUT2D eigenvalue weighted by Gasteiger charge is -2.16. The molecule has 0 spiro atoms. The maximum Gasteiger partial charge on any atom is 0.350 e. The number of carbonyl (C=O) groups excluding carboxylic acids is 1. The van der Waals surface area contributed by atoms with Crippen LogP contribution >= 0.6 is 11.3 Å². The number of rotatable bonds is 8. The average Bonchev–Trinajstić information content (AvgIpc) is 3.08. The molecule has 0 aliphatic rings. The van der Waals surface area contributed by atoms with Crippen molar-refractivity contribution in [2.24, 2.45) is 4.99 Å². The average molecular weight is 420 g/mol. The lowest BCUT2D eigenvalue weighted by molar-refractivity contribution is -0.384. The summed E-state index contributed by atoms with van der Waals surface area (Å²) in [5, 5.41) is 17.9. The zero-order valence-corrected chi connectivity index (χ0v) is 17.7. The van der Waals surface area contributed by atoms with Gasteiger partial charge in [-0.25, -0.2) is 14.8 Å². The Morgan fingerprint density at radius 1 is 1.34 bits per heavy atom. The molecule has 29 heavy (non-hydrogen) atoms. The Hall–Kier alpha value is -3.01. The van der Waals surface area contributed by atoms with Crippen molar-refractivity contribution in [1.29, 1.82) is 0 Å². The molecule has 0 radical (unpaired) electrons. The fourth-order valence-electron chi connectivity index (χ4n) is 2.47. The summed E-state index contributed by atoms with van der Waals surface area (Å²) >= 11 is 1.30. The van der Waals surface area contributed by atoms with Crippen molar-refractivity contribution in [2.75, 3.05) is 13.2 Å². The van der Waals surface area contributed by atoms with Crippen LogP contribution in [0, 0.1) is 17.0 Å². The monoisotopic (exact) mass is 419 g/mol. The topological polar surface area (TPSA) is 119 Å². The summed E-state index contributed by atoms with van der Waals surface area (Å²) in [5.74, 6) is 0.226. The molecule has 0 fully saturated rings. The molecule has 0 saturated carbocycles. The second-order valence-corrected chi connectivity index (χ2v) is 7.20. The van der Waals surface area contributed by atoms with Crippen molar-refractivity contribution >= 4 is 29.0 Å². The maximum atomic E-state index is 12.0. The first-order valence-electron chi connectivity index (χ1n) is 9.28. The smallest absolute Gasteiger partial charge is 0.350 e. The van der Waals surface area contributed by atoms with Crippen LogP contribution in [-0.4, -0.2) is 35.0 Å². The van der Waals surface area contributed by atoms with Crippen molar-refractivity contribution in [2.45, 2.75) is 40.3 Å². The van der Waals surface area contributed by atoms with Gasteiger partial charge in [-0.1, -0.05) is 12.1 Å². The Morgan fingerprint density at radius 2 is 2.03 bits per heavy atom. The van der Waals surface area contributed by atoms with Crippen molar-refractivity contribution in [3.63, 3.8) is 0 Å². The van der Waals surface area contributed by atoms with E-state index in [0.29, 0.717) is 36.2 Å². The van der Waals surface area contributed by atoms with Crippen LogP contribution in [0.4, 0.5) is 5.69 Å². The van der Waals surface area contributed by atoms with Crippen molar-refractivity contribution < 1.29 is 14.5 Å². The van der Waals surface area contributed by atoms with E-state index in [1.54, 1.807) is 26.0 Å². The molecule has 1 unspecified atom stereocenters. The van der Waals surface area contributed by atoms with Crippen LogP contribution in [0.3, 0.4) is 0 Å². The van der Waals surface area contributed by atoms with E-state index in [4.69, 9.17) is 4.74 Å². The van der Waals surface area contributed by atoms with Gasteiger partial charge in [0.1, 0.15) is 9.88 Å². The Labute approximate surface area is 173 Å². The number of nitrogens with zero attached hydrogens (tertiary/aromatic N) is 3. The van der Waals surface area contributed by atoms with Crippen LogP contribution in [0.25, 0.3) is 0 Å². The molecule has 0 aliphatic carbocycles. The summed E-state index contributed by atoms with van der Waals surface area (Å²) in [6, 6.07) is 6.12. The largest absolute Gasteiger partial charge is 0.462 e. The minimum absolute atomic E-state index is 0.0490. The molecule has 2 rings (SSSR count). The number of nitro benzene ring substituents is 1. The zero-order chi connectivity index (χ0) is 21.4. The third-order valence-electron chi connectivity index (χ3n) is 3.91. The normalized spacial score (nSPS) is 12.3. The SMILES string of the molecule is CCNC(=NCc1ccc([N+](=O)[O-])cc1)NC(C)c1nc(C)c(C(=O)OCC)s1.